The van der Waals surface area contributed by atoms with Crippen LogP contribution in [0, 0.1) is 0 Å². The molecule has 0 spiro atoms. The summed E-state index contributed by atoms with van der Waals surface area (Å²) in [6, 6.07) is 3.95. The van der Waals surface area contributed by atoms with Crippen LogP contribution in [-0.2, 0) is 12.1 Å². The van der Waals surface area contributed by atoms with Crippen LogP contribution in [0.3, 0.4) is 0 Å². The molecule has 0 bridgehead atoms. The molecular weight excluding hydrogens is 282 g/mol. The Hall–Kier alpha value is -2.05. The maximum absolute atomic E-state index is 4.39. The van der Waals surface area contributed by atoms with Gasteiger partial charge in [0.05, 0.1) is 17.4 Å². The normalized spacial score (nSPS) is 11.7. The molecule has 0 saturated heterocycles. The molecule has 0 unspecified atom stereocenters. The third-order valence-corrected chi connectivity index (χ3v) is 4.45. The molecule has 0 aliphatic heterocycles. The Morgan fingerprint density at radius 3 is 2.90 bits per heavy atom. The summed E-state index contributed by atoms with van der Waals surface area (Å²) in [6.45, 7) is 4.98. The van der Waals surface area contributed by atoms with Crippen molar-refractivity contribution in [3.8, 4) is 11.3 Å². The minimum absolute atomic E-state index is 0.169. The number of hydrogen-bond acceptors (Lipinski definition) is 5. The Kier molecular flexibility index (Phi) is 3.81. The highest BCUT2D eigenvalue weighted by Gasteiger charge is 2.23. The molecule has 0 aliphatic carbocycles. The molecule has 3 rings (SSSR count). The van der Waals surface area contributed by atoms with Crippen molar-refractivity contribution in [1.82, 2.24) is 25.5 Å². The minimum atomic E-state index is -0.169. The lowest BCUT2D eigenvalue weighted by Gasteiger charge is -2.23. The molecule has 0 atom stereocenters. The number of thiazole rings is 1. The van der Waals surface area contributed by atoms with Gasteiger partial charge in [-0.05, 0) is 26.0 Å². The average molecular weight is 299 g/mol. The molecule has 0 fully saturated rings. The van der Waals surface area contributed by atoms with Crippen molar-refractivity contribution in [1.29, 1.82) is 0 Å². The number of pyridine rings is 1. The van der Waals surface area contributed by atoms with E-state index >= 15 is 0 Å². The lowest BCUT2D eigenvalue weighted by atomic mass is 10.1. The van der Waals surface area contributed by atoms with Crippen molar-refractivity contribution >= 4 is 11.3 Å². The van der Waals surface area contributed by atoms with E-state index in [0.29, 0.717) is 6.54 Å². The number of H-pyrrole nitrogens is 1. The van der Waals surface area contributed by atoms with E-state index in [1.54, 1.807) is 17.5 Å². The predicted octanol–water partition coefficient (Wildman–Crippen LogP) is 2.95. The lowest BCUT2D eigenvalue weighted by molar-refractivity contribution is 0.400. The van der Waals surface area contributed by atoms with Crippen molar-refractivity contribution in [3.63, 3.8) is 0 Å². The summed E-state index contributed by atoms with van der Waals surface area (Å²) < 4.78 is 0. The van der Waals surface area contributed by atoms with Gasteiger partial charge in [0.2, 0.25) is 0 Å². The van der Waals surface area contributed by atoms with Crippen LogP contribution in [0.1, 0.15) is 24.4 Å². The second kappa shape index (κ2) is 5.75. The van der Waals surface area contributed by atoms with E-state index in [2.05, 4.69) is 39.3 Å². The molecule has 0 radical (unpaired) electrons. The Labute approximate surface area is 127 Å². The monoisotopic (exact) mass is 299 g/mol. The highest BCUT2D eigenvalue weighted by atomic mass is 32.1. The van der Waals surface area contributed by atoms with Crippen molar-refractivity contribution in [2.45, 2.75) is 25.9 Å². The quantitative estimate of drug-likeness (QED) is 0.760. The topological polar surface area (TPSA) is 66.5 Å². The largest absolute Gasteiger partial charge is 0.302 e. The number of nitrogens with one attached hydrogen (secondary N) is 2. The van der Waals surface area contributed by atoms with Crippen molar-refractivity contribution in [2.24, 2.45) is 0 Å². The predicted molar refractivity (Wildman–Crippen MR) is 83.8 cm³/mol. The van der Waals surface area contributed by atoms with Gasteiger partial charge in [0.15, 0.2) is 0 Å². The zero-order valence-corrected chi connectivity index (χ0v) is 12.8. The Bertz CT molecular complexity index is 688. The zero-order valence-electron chi connectivity index (χ0n) is 12.0. The van der Waals surface area contributed by atoms with Gasteiger partial charge in [0, 0.05) is 41.6 Å². The first-order valence-corrected chi connectivity index (χ1v) is 7.62. The molecule has 0 saturated carbocycles. The third-order valence-electron chi connectivity index (χ3n) is 3.36. The summed E-state index contributed by atoms with van der Waals surface area (Å²) in [5.41, 5.74) is 2.99. The van der Waals surface area contributed by atoms with E-state index in [4.69, 9.17) is 0 Å². The number of nitrogens with zero attached hydrogens (tertiary/aromatic N) is 3. The van der Waals surface area contributed by atoms with E-state index in [1.807, 2.05) is 36.1 Å². The standard InChI is InChI=1S/C15H17N5S/c1-15(2,14-17-6-7-21-14)18-9-12-10-19-20-13(12)11-4-3-5-16-8-11/h3-8,10,18H,9H2,1-2H3,(H,19,20). The number of hydrogen-bond donors (Lipinski definition) is 2. The molecule has 3 heterocycles. The van der Waals surface area contributed by atoms with E-state index in [9.17, 15) is 0 Å². The second-order valence-electron chi connectivity index (χ2n) is 5.33. The zero-order chi connectivity index (χ0) is 14.7. The average Bonchev–Trinajstić information content (AvgIpc) is 3.18. The van der Waals surface area contributed by atoms with Gasteiger partial charge in [-0.2, -0.15) is 5.10 Å². The molecule has 21 heavy (non-hydrogen) atoms. The van der Waals surface area contributed by atoms with Crippen LogP contribution in [0.4, 0.5) is 0 Å². The van der Waals surface area contributed by atoms with Crippen LogP contribution in [-0.4, -0.2) is 20.2 Å². The number of rotatable bonds is 5. The van der Waals surface area contributed by atoms with Crippen molar-refractivity contribution < 1.29 is 0 Å². The van der Waals surface area contributed by atoms with Crippen LogP contribution in [0.2, 0.25) is 0 Å². The molecule has 0 amide bonds. The van der Waals surface area contributed by atoms with Gasteiger partial charge >= 0.3 is 0 Å². The van der Waals surface area contributed by atoms with Gasteiger partial charge in [-0.1, -0.05) is 0 Å². The van der Waals surface area contributed by atoms with Gasteiger partial charge in [0.25, 0.3) is 0 Å². The summed E-state index contributed by atoms with van der Waals surface area (Å²) in [5, 5.41) is 13.8. The lowest BCUT2D eigenvalue weighted by Crippen LogP contribution is -2.35. The van der Waals surface area contributed by atoms with Crippen LogP contribution >= 0.6 is 11.3 Å². The van der Waals surface area contributed by atoms with Gasteiger partial charge in [-0.3, -0.25) is 10.1 Å². The fraction of sp³-hybridized carbons (Fsp3) is 0.267. The molecule has 3 aromatic heterocycles. The first kappa shape index (κ1) is 13.9. The van der Waals surface area contributed by atoms with Crippen LogP contribution in [0.15, 0.2) is 42.3 Å². The Morgan fingerprint density at radius 1 is 1.29 bits per heavy atom. The Balaban J connectivity index is 1.77. The first-order valence-electron chi connectivity index (χ1n) is 6.74. The molecule has 5 nitrogen and oxygen atoms in total. The molecule has 0 aliphatic rings. The summed E-state index contributed by atoms with van der Waals surface area (Å²) in [4.78, 5) is 8.55. The highest BCUT2D eigenvalue weighted by molar-refractivity contribution is 7.09. The number of aromatic amines is 1. The highest BCUT2D eigenvalue weighted by Crippen LogP contribution is 2.24. The third kappa shape index (κ3) is 3.01. The van der Waals surface area contributed by atoms with Gasteiger partial charge in [-0.15, -0.1) is 11.3 Å². The van der Waals surface area contributed by atoms with E-state index in [-0.39, 0.29) is 5.54 Å². The maximum atomic E-state index is 4.39. The molecule has 2 N–H and O–H groups in total. The van der Waals surface area contributed by atoms with Crippen molar-refractivity contribution in [2.75, 3.05) is 0 Å². The van der Waals surface area contributed by atoms with Gasteiger partial charge in [0.1, 0.15) is 5.01 Å². The van der Waals surface area contributed by atoms with Crippen LogP contribution in [0.5, 0.6) is 0 Å². The van der Waals surface area contributed by atoms with Crippen molar-refractivity contribution in [3.05, 3.63) is 52.9 Å². The van der Waals surface area contributed by atoms with Crippen LogP contribution in [0.25, 0.3) is 11.3 Å². The fourth-order valence-corrected chi connectivity index (χ4v) is 2.87. The summed E-state index contributed by atoms with van der Waals surface area (Å²) in [6.07, 6.45) is 7.29. The second-order valence-corrected chi connectivity index (χ2v) is 6.22. The van der Waals surface area contributed by atoms with E-state index in [0.717, 1.165) is 21.8 Å². The fourth-order valence-electron chi connectivity index (χ4n) is 2.13. The number of aromatic nitrogens is 4. The minimum Gasteiger partial charge on any atom is -0.302 e. The summed E-state index contributed by atoms with van der Waals surface area (Å²) >= 11 is 1.66. The molecule has 6 heteroatoms. The first-order chi connectivity index (χ1) is 10.2. The van der Waals surface area contributed by atoms with Gasteiger partial charge < -0.3 is 5.32 Å². The molecule has 108 valence electrons. The molecule has 0 aromatic carbocycles. The van der Waals surface area contributed by atoms with Crippen LogP contribution < -0.4 is 5.32 Å². The van der Waals surface area contributed by atoms with E-state index < -0.39 is 0 Å². The summed E-state index contributed by atoms with van der Waals surface area (Å²) in [7, 11) is 0. The van der Waals surface area contributed by atoms with E-state index in [1.165, 1.54) is 0 Å². The Morgan fingerprint density at radius 2 is 2.19 bits per heavy atom. The SMILES string of the molecule is CC(C)(NCc1cn[nH]c1-c1cccnc1)c1nccs1. The molecule has 3 aromatic rings. The smallest absolute Gasteiger partial charge is 0.112 e. The van der Waals surface area contributed by atoms with Gasteiger partial charge in [-0.25, -0.2) is 4.98 Å². The summed E-state index contributed by atoms with van der Waals surface area (Å²) in [5.74, 6) is 0. The molecular formula is C15H17N5S. The maximum Gasteiger partial charge on any atom is 0.112 e.